The van der Waals surface area contributed by atoms with Gasteiger partial charge in [0.25, 0.3) is 0 Å². The Hall–Kier alpha value is -3.34. The van der Waals surface area contributed by atoms with E-state index in [1.54, 1.807) is 12.3 Å². The quantitative estimate of drug-likeness (QED) is 0.573. The fourth-order valence-electron chi connectivity index (χ4n) is 2.58. The third-order valence-corrected chi connectivity index (χ3v) is 3.78. The van der Waals surface area contributed by atoms with Gasteiger partial charge in [0.1, 0.15) is 12.3 Å². The van der Waals surface area contributed by atoms with Gasteiger partial charge in [0.05, 0.1) is 5.56 Å². The van der Waals surface area contributed by atoms with Gasteiger partial charge in [0, 0.05) is 28.7 Å². The molecule has 5 nitrogen and oxygen atoms in total. The van der Waals surface area contributed by atoms with Crippen LogP contribution in [0.1, 0.15) is 16.1 Å². The van der Waals surface area contributed by atoms with E-state index in [9.17, 15) is 4.79 Å². The molecule has 0 amide bonds. The molecule has 2 heterocycles. The largest absolute Gasteiger partial charge is 0.455 e. The van der Waals surface area contributed by atoms with Crippen LogP contribution in [-0.2, 0) is 11.3 Å². The first-order valence-electron chi connectivity index (χ1n) is 7.55. The number of rotatable bonds is 4. The van der Waals surface area contributed by atoms with Crippen LogP contribution in [0.25, 0.3) is 22.2 Å². The van der Waals surface area contributed by atoms with E-state index in [0.717, 1.165) is 16.5 Å². The summed E-state index contributed by atoms with van der Waals surface area (Å²) < 4.78 is 10.6. The molecular formula is C19H14N2O3. The molecule has 0 radical (unpaired) electrons. The van der Waals surface area contributed by atoms with Crippen LogP contribution in [0.2, 0.25) is 0 Å². The number of hydrogen-bond acceptors (Lipinski definition) is 4. The number of aromatic nitrogens is 2. The molecule has 24 heavy (non-hydrogen) atoms. The van der Waals surface area contributed by atoms with Crippen LogP contribution in [0.3, 0.4) is 0 Å². The monoisotopic (exact) mass is 318 g/mol. The minimum Gasteiger partial charge on any atom is -0.455 e. The maximum absolute atomic E-state index is 12.3. The lowest BCUT2D eigenvalue weighted by molar-refractivity contribution is 0.0466. The number of benzene rings is 2. The Morgan fingerprint density at radius 3 is 2.75 bits per heavy atom. The van der Waals surface area contributed by atoms with Crippen molar-refractivity contribution in [2.75, 3.05) is 0 Å². The van der Waals surface area contributed by atoms with Gasteiger partial charge < -0.3 is 14.2 Å². The number of nitrogens with one attached hydrogen (secondary N) is 1. The van der Waals surface area contributed by atoms with Gasteiger partial charge >= 0.3 is 5.97 Å². The summed E-state index contributed by atoms with van der Waals surface area (Å²) in [6.45, 7) is 0.0642. The third-order valence-electron chi connectivity index (χ3n) is 3.78. The van der Waals surface area contributed by atoms with Crippen molar-refractivity contribution in [2.24, 2.45) is 0 Å². The normalized spacial score (nSPS) is 10.8. The van der Waals surface area contributed by atoms with Crippen molar-refractivity contribution < 1.29 is 14.1 Å². The van der Waals surface area contributed by atoms with Crippen molar-refractivity contribution in [3.05, 3.63) is 78.1 Å². The molecule has 118 valence electrons. The zero-order valence-corrected chi connectivity index (χ0v) is 12.7. The van der Waals surface area contributed by atoms with Crippen LogP contribution < -0.4 is 0 Å². The van der Waals surface area contributed by atoms with Crippen LogP contribution >= 0.6 is 0 Å². The van der Waals surface area contributed by atoms with Crippen molar-refractivity contribution in [2.45, 2.75) is 6.61 Å². The molecule has 0 aliphatic rings. The summed E-state index contributed by atoms with van der Waals surface area (Å²) in [4.78, 5) is 15.3. The number of fused-ring (bicyclic) bond motifs is 1. The standard InChI is InChI=1S/C19H14N2O3/c22-19(16-11-20-17-9-5-4-8-15(16)17)23-12-14-10-18(24-21-14)13-6-2-1-3-7-13/h1-11,20H,12H2. The van der Waals surface area contributed by atoms with Crippen molar-refractivity contribution in [3.63, 3.8) is 0 Å². The number of para-hydroxylation sites is 1. The Bertz CT molecular complexity index is 986. The highest BCUT2D eigenvalue weighted by Crippen LogP contribution is 2.21. The second-order valence-electron chi connectivity index (χ2n) is 5.37. The molecule has 0 aliphatic heterocycles. The van der Waals surface area contributed by atoms with Gasteiger partial charge in [-0.1, -0.05) is 53.7 Å². The lowest BCUT2D eigenvalue weighted by Gasteiger charge is -2.00. The highest BCUT2D eigenvalue weighted by Gasteiger charge is 2.14. The number of carbonyl (C=O) groups excluding carboxylic acids is 1. The Labute approximate surface area is 137 Å². The van der Waals surface area contributed by atoms with E-state index in [1.807, 2.05) is 54.6 Å². The molecule has 2 aromatic carbocycles. The predicted molar refractivity (Wildman–Crippen MR) is 89.4 cm³/mol. The van der Waals surface area contributed by atoms with Gasteiger partial charge in [-0.25, -0.2) is 4.79 Å². The molecule has 0 bridgehead atoms. The van der Waals surface area contributed by atoms with E-state index in [1.165, 1.54) is 0 Å². The summed E-state index contributed by atoms with van der Waals surface area (Å²) in [7, 11) is 0. The highest BCUT2D eigenvalue weighted by atomic mass is 16.5. The number of esters is 1. The smallest absolute Gasteiger partial charge is 0.340 e. The Morgan fingerprint density at radius 2 is 1.88 bits per heavy atom. The van der Waals surface area contributed by atoms with Gasteiger partial charge in [-0.15, -0.1) is 0 Å². The third kappa shape index (κ3) is 2.67. The van der Waals surface area contributed by atoms with Gasteiger partial charge in [-0.3, -0.25) is 0 Å². The van der Waals surface area contributed by atoms with Crippen molar-refractivity contribution >= 4 is 16.9 Å². The average molecular weight is 318 g/mol. The van der Waals surface area contributed by atoms with E-state index in [0.29, 0.717) is 17.0 Å². The number of ether oxygens (including phenoxy) is 1. The molecule has 0 fully saturated rings. The Balaban J connectivity index is 1.47. The molecular weight excluding hydrogens is 304 g/mol. The average Bonchev–Trinajstić information content (AvgIpc) is 3.27. The fourth-order valence-corrected chi connectivity index (χ4v) is 2.58. The zero-order valence-electron chi connectivity index (χ0n) is 12.7. The number of H-pyrrole nitrogens is 1. The van der Waals surface area contributed by atoms with E-state index in [4.69, 9.17) is 9.26 Å². The first-order valence-corrected chi connectivity index (χ1v) is 7.55. The first-order chi connectivity index (χ1) is 11.8. The molecule has 1 N–H and O–H groups in total. The minimum atomic E-state index is -0.392. The summed E-state index contributed by atoms with van der Waals surface area (Å²) in [6.07, 6.45) is 1.66. The van der Waals surface area contributed by atoms with Gasteiger partial charge in [0.2, 0.25) is 0 Å². The van der Waals surface area contributed by atoms with Crippen molar-refractivity contribution in [1.29, 1.82) is 0 Å². The summed E-state index contributed by atoms with van der Waals surface area (Å²) in [5, 5.41) is 4.79. The summed E-state index contributed by atoms with van der Waals surface area (Å²) in [5.41, 5.74) is 2.91. The number of aromatic amines is 1. The van der Waals surface area contributed by atoms with Crippen LogP contribution in [0.4, 0.5) is 0 Å². The molecule has 4 aromatic rings. The van der Waals surface area contributed by atoms with E-state index in [2.05, 4.69) is 10.1 Å². The van der Waals surface area contributed by atoms with E-state index < -0.39 is 5.97 Å². The summed E-state index contributed by atoms with van der Waals surface area (Å²) >= 11 is 0. The second-order valence-corrected chi connectivity index (χ2v) is 5.37. The molecule has 0 saturated carbocycles. The SMILES string of the molecule is O=C(OCc1cc(-c2ccccc2)on1)c1c[nH]c2ccccc12. The maximum Gasteiger partial charge on any atom is 0.340 e. The molecule has 0 unspecified atom stereocenters. The number of hydrogen-bond donors (Lipinski definition) is 1. The van der Waals surface area contributed by atoms with Gasteiger partial charge in [0.15, 0.2) is 5.76 Å². The molecule has 4 rings (SSSR count). The van der Waals surface area contributed by atoms with Crippen LogP contribution in [0, 0.1) is 0 Å². The number of nitrogens with zero attached hydrogens (tertiary/aromatic N) is 1. The van der Waals surface area contributed by atoms with E-state index in [-0.39, 0.29) is 6.61 Å². The van der Waals surface area contributed by atoms with Gasteiger partial charge in [-0.05, 0) is 6.07 Å². The fraction of sp³-hybridized carbons (Fsp3) is 0.0526. The topological polar surface area (TPSA) is 68.1 Å². The van der Waals surface area contributed by atoms with Crippen LogP contribution in [0.5, 0.6) is 0 Å². The molecule has 0 atom stereocenters. The zero-order chi connectivity index (χ0) is 16.4. The molecule has 0 spiro atoms. The molecule has 2 aromatic heterocycles. The predicted octanol–water partition coefficient (Wildman–Crippen LogP) is 4.18. The molecule has 5 heteroatoms. The summed E-state index contributed by atoms with van der Waals surface area (Å²) in [6, 6.07) is 19.0. The second kappa shape index (κ2) is 6.04. The lowest BCUT2D eigenvalue weighted by atomic mass is 10.1. The lowest BCUT2D eigenvalue weighted by Crippen LogP contribution is -2.04. The van der Waals surface area contributed by atoms with Crippen molar-refractivity contribution in [3.8, 4) is 11.3 Å². The van der Waals surface area contributed by atoms with Crippen LogP contribution in [-0.4, -0.2) is 16.1 Å². The maximum atomic E-state index is 12.3. The summed E-state index contributed by atoms with van der Waals surface area (Å²) in [5.74, 6) is 0.255. The molecule has 0 aliphatic carbocycles. The highest BCUT2D eigenvalue weighted by molar-refractivity contribution is 6.03. The van der Waals surface area contributed by atoms with Crippen LogP contribution in [0.15, 0.2) is 71.4 Å². The van der Waals surface area contributed by atoms with Crippen molar-refractivity contribution in [1.82, 2.24) is 10.1 Å². The molecule has 0 saturated heterocycles. The Kier molecular flexibility index (Phi) is 3.59. The minimum absolute atomic E-state index is 0.0642. The first kappa shape index (κ1) is 14.3. The Morgan fingerprint density at radius 1 is 1.08 bits per heavy atom. The van der Waals surface area contributed by atoms with Gasteiger partial charge in [-0.2, -0.15) is 0 Å². The number of carbonyl (C=O) groups is 1. The van der Waals surface area contributed by atoms with E-state index >= 15 is 0 Å².